The van der Waals surface area contributed by atoms with Crippen LogP contribution < -0.4 is 0 Å². The Morgan fingerprint density at radius 1 is 1.40 bits per heavy atom. The second-order valence-electron chi connectivity index (χ2n) is 3.12. The van der Waals surface area contributed by atoms with E-state index < -0.39 is 9.84 Å². The Morgan fingerprint density at radius 2 is 2.13 bits per heavy atom. The second kappa shape index (κ2) is 5.63. The van der Waals surface area contributed by atoms with E-state index >= 15 is 0 Å². The Kier molecular flexibility index (Phi) is 4.76. The maximum absolute atomic E-state index is 11.8. The Balaban J connectivity index is 2.77. The summed E-state index contributed by atoms with van der Waals surface area (Å²) in [4.78, 5) is 0.355. The first-order valence-corrected chi connectivity index (χ1v) is 6.98. The molecule has 0 aliphatic carbocycles. The molecule has 84 valence electrons. The number of hydrogen-bond acceptors (Lipinski definition) is 3. The van der Waals surface area contributed by atoms with Crippen molar-refractivity contribution < 1.29 is 13.2 Å². The smallest absolute Gasteiger partial charge is 0.178 e. The summed E-state index contributed by atoms with van der Waals surface area (Å²) in [5.41, 5.74) is 0. The largest absolute Gasteiger partial charge is 0.385 e. The van der Waals surface area contributed by atoms with Gasteiger partial charge in [-0.05, 0) is 24.6 Å². The topological polar surface area (TPSA) is 43.4 Å². The summed E-state index contributed by atoms with van der Waals surface area (Å²) < 4.78 is 29.2. The summed E-state index contributed by atoms with van der Waals surface area (Å²) in [5.74, 6) is 0.122. The van der Waals surface area contributed by atoms with E-state index in [0.717, 1.165) is 4.47 Å². The lowest BCUT2D eigenvalue weighted by atomic mass is 10.4. The van der Waals surface area contributed by atoms with Crippen molar-refractivity contribution in [1.29, 1.82) is 0 Å². The van der Waals surface area contributed by atoms with Gasteiger partial charge in [0, 0.05) is 18.2 Å². The van der Waals surface area contributed by atoms with E-state index in [0.29, 0.717) is 17.9 Å². The van der Waals surface area contributed by atoms with Crippen LogP contribution in [0.3, 0.4) is 0 Å². The quantitative estimate of drug-likeness (QED) is 0.782. The maximum Gasteiger partial charge on any atom is 0.178 e. The first-order chi connectivity index (χ1) is 7.06. The molecule has 0 heterocycles. The molecule has 0 saturated carbocycles. The van der Waals surface area contributed by atoms with Crippen molar-refractivity contribution in [3.63, 3.8) is 0 Å². The molecular formula is C10H13BrO3S. The number of ether oxygens (including phenoxy) is 1. The molecule has 1 aromatic rings. The third-order valence-electron chi connectivity index (χ3n) is 1.92. The normalized spacial score (nSPS) is 11.6. The molecule has 0 spiro atoms. The van der Waals surface area contributed by atoms with E-state index in [1.165, 1.54) is 0 Å². The lowest BCUT2D eigenvalue weighted by Gasteiger charge is -2.04. The van der Waals surface area contributed by atoms with Gasteiger partial charge in [-0.1, -0.05) is 22.0 Å². The fraction of sp³-hybridized carbons (Fsp3) is 0.400. The first-order valence-electron chi connectivity index (χ1n) is 4.53. The number of benzene rings is 1. The van der Waals surface area contributed by atoms with Gasteiger partial charge in [0.05, 0.1) is 10.6 Å². The molecular weight excluding hydrogens is 280 g/mol. The average Bonchev–Trinajstić information content (AvgIpc) is 2.18. The van der Waals surface area contributed by atoms with Crippen molar-refractivity contribution in [3.05, 3.63) is 28.7 Å². The van der Waals surface area contributed by atoms with Gasteiger partial charge in [0.25, 0.3) is 0 Å². The predicted molar refractivity (Wildman–Crippen MR) is 62.7 cm³/mol. The molecule has 1 rings (SSSR count). The fourth-order valence-corrected chi connectivity index (χ4v) is 3.05. The minimum Gasteiger partial charge on any atom is -0.385 e. The van der Waals surface area contributed by atoms with Crippen LogP contribution in [0.4, 0.5) is 0 Å². The Morgan fingerprint density at radius 3 is 2.73 bits per heavy atom. The first kappa shape index (κ1) is 12.7. The van der Waals surface area contributed by atoms with E-state index in [9.17, 15) is 8.42 Å². The van der Waals surface area contributed by atoms with Crippen molar-refractivity contribution in [2.24, 2.45) is 0 Å². The van der Waals surface area contributed by atoms with Gasteiger partial charge >= 0.3 is 0 Å². The Hall–Kier alpha value is -0.390. The van der Waals surface area contributed by atoms with Crippen LogP contribution in [0.15, 0.2) is 33.6 Å². The molecule has 0 aliphatic rings. The van der Waals surface area contributed by atoms with Crippen molar-refractivity contribution in [1.82, 2.24) is 0 Å². The van der Waals surface area contributed by atoms with Crippen LogP contribution in [0.25, 0.3) is 0 Å². The van der Waals surface area contributed by atoms with Gasteiger partial charge in [-0.3, -0.25) is 0 Å². The minimum absolute atomic E-state index is 0.122. The van der Waals surface area contributed by atoms with Crippen LogP contribution in [-0.4, -0.2) is 27.9 Å². The molecule has 3 nitrogen and oxygen atoms in total. The van der Waals surface area contributed by atoms with Crippen LogP contribution in [0, 0.1) is 0 Å². The molecule has 0 atom stereocenters. The van der Waals surface area contributed by atoms with Crippen LogP contribution in [0.1, 0.15) is 6.42 Å². The maximum atomic E-state index is 11.8. The van der Waals surface area contributed by atoms with Gasteiger partial charge in [-0.15, -0.1) is 0 Å². The van der Waals surface area contributed by atoms with Gasteiger partial charge < -0.3 is 4.74 Å². The highest BCUT2D eigenvalue weighted by Crippen LogP contribution is 2.17. The number of methoxy groups -OCH3 is 1. The molecule has 0 saturated heterocycles. The molecule has 0 radical (unpaired) electrons. The molecule has 0 bridgehead atoms. The number of rotatable bonds is 5. The molecule has 0 N–H and O–H groups in total. The van der Waals surface area contributed by atoms with Crippen molar-refractivity contribution in [2.45, 2.75) is 11.3 Å². The summed E-state index contributed by atoms with van der Waals surface area (Å²) in [5, 5.41) is 0. The lowest BCUT2D eigenvalue weighted by molar-refractivity contribution is 0.199. The van der Waals surface area contributed by atoms with E-state index in [-0.39, 0.29) is 5.75 Å². The van der Waals surface area contributed by atoms with Gasteiger partial charge in [-0.25, -0.2) is 8.42 Å². The summed E-state index contributed by atoms with van der Waals surface area (Å²) in [7, 11) is -1.60. The molecule has 1 aromatic carbocycles. The van der Waals surface area contributed by atoms with E-state index in [2.05, 4.69) is 15.9 Å². The fourth-order valence-electron chi connectivity index (χ4n) is 1.17. The molecule has 5 heteroatoms. The number of hydrogen-bond donors (Lipinski definition) is 0. The monoisotopic (exact) mass is 292 g/mol. The molecule has 0 amide bonds. The van der Waals surface area contributed by atoms with Gasteiger partial charge in [0.2, 0.25) is 0 Å². The van der Waals surface area contributed by atoms with Gasteiger partial charge in [0.15, 0.2) is 9.84 Å². The van der Waals surface area contributed by atoms with Crippen LogP contribution in [-0.2, 0) is 14.6 Å². The summed E-state index contributed by atoms with van der Waals surface area (Å²) in [6.07, 6.45) is 0.519. The van der Waals surface area contributed by atoms with Gasteiger partial charge in [0.1, 0.15) is 0 Å². The molecule has 0 aromatic heterocycles. The molecule has 0 aliphatic heterocycles. The van der Waals surface area contributed by atoms with E-state index in [1.54, 1.807) is 31.4 Å². The van der Waals surface area contributed by atoms with Crippen LogP contribution >= 0.6 is 15.9 Å². The van der Waals surface area contributed by atoms with Crippen molar-refractivity contribution >= 4 is 25.8 Å². The third kappa shape index (κ3) is 3.93. The average molecular weight is 293 g/mol. The second-order valence-corrected chi connectivity index (χ2v) is 6.15. The molecule has 0 unspecified atom stereocenters. The Labute approximate surface area is 98.5 Å². The van der Waals surface area contributed by atoms with E-state index in [1.807, 2.05) is 0 Å². The van der Waals surface area contributed by atoms with Crippen molar-refractivity contribution in [3.8, 4) is 0 Å². The Bertz CT molecular complexity index is 414. The zero-order valence-corrected chi connectivity index (χ0v) is 10.8. The standard InChI is InChI=1S/C10H13BrO3S/c1-14-6-3-7-15(12,13)10-5-2-4-9(11)8-10/h2,4-5,8H,3,6-7H2,1H3. The highest BCUT2D eigenvalue weighted by Gasteiger charge is 2.13. The van der Waals surface area contributed by atoms with Crippen LogP contribution in [0.5, 0.6) is 0 Å². The lowest BCUT2D eigenvalue weighted by Crippen LogP contribution is -2.08. The highest BCUT2D eigenvalue weighted by atomic mass is 79.9. The summed E-state index contributed by atoms with van der Waals surface area (Å²) in [6.45, 7) is 0.466. The molecule has 15 heavy (non-hydrogen) atoms. The highest BCUT2D eigenvalue weighted by molar-refractivity contribution is 9.10. The van der Waals surface area contributed by atoms with Crippen LogP contribution in [0.2, 0.25) is 0 Å². The summed E-state index contributed by atoms with van der Waals surface area (Å²) >= 11 is 3.25. The third-order valence-corrected chi connectivity index (χ3v) is 4.21. The van der Waals surface area contributed by atoms with Crippen molar-refractivity contribution in [2.75, 3.05) is 19.5 Å². The number of sulfone groups is 1. The zero-order valence-electron chi connectivity index (χ0n) is 8.44. The zero-order chi connectivity index (χ0) is 11.3. The minimum atomic E-state index is -3.17. The predicted octanol–water partition coefficient (Wildman–Crippen LogP) is 2.26. The van der Waals surface area contributed by atoms with E-state index in [4.69, 9.17) is 4.74 Å². The summed E-state index contributed by atoms with van der Waals surface area (Å²) in [6, 6.07) is 6.73. The SMILES string of the molecule is COCCCS(=O)(=O)c1cccc(Br)c1. The van der Waals surface area contributed by atoms with Gasteiger partial charge in [-0.2, -0.15) is 0 Å². The molecule has 0 fully saturated rings. The number of halogens is 1.